The molecule has 0 aliphatic heterocycles. The largest absolute Gasteiger partial charge is 0.256 e. The van der Waals surface area contributed by atoms with Gasteiger partial charge in [-0.25, -0.2) is 0 Å². The first-order chi connectivity index (χ1) is 12.8. The maximum atomic E-state index is 9.36. The molecule has 0 aliphatic rings. The van der Waals surface area contributed by atoms with Gasteiger partial charge in [-0.3, -0.25) is 9.97 Å². The van der Waals surface area contributed by atoms with Crippen molar-refractivity contribution < 1.29 is 0 Å². The topological polar surface area (TPSA) is 73.4 Å². The van der Waals surface area contributed by atoms with Crippen molar-refractivity contribution in [1.82, 2.24) is 9.97 Å². The Hall–Kier alpha value is -4.02. The van der Waals surface area contributed by atoms with Crippen molar-refractivity contribution in [3.8, 4) is 12.1 Å². The lowest BCUT2D eigenvalue weighted by Gasteiger charge is -2.01. The van der Waals surface area contributed by atoms with E-state index in [1.165, 1.54) is 0 Å². The number of nitriles is 2. The van der Waals surface area contributed by atoms with Crippen LogP contribution in [0.2, 0.25) is 0 Å². The van der Waals surface area contributed by atoms with Gasteiger partial charge in [-0.2, -0.15) is 10.5 Å². The van der Waals surface area contributed by atoms with Crippen molar-refractivity contribution in [2.45, 2.75) is 0 Å². The van der Waals surface area contributed by atoms with Crippen molar-refractivity contribution in [1.29, 1.82) is 10.5 Å². The fourth-order valence-electron chi connectivity index (χ4n) is 2.39. The molecular formula is C22H14N4. The number of hydrogen-bond donors (Lipinski definition) is 0. The Morgan fingerprint density at radius 2 is 1.08 bits per heavy atom. The van der Waals surface area contributed by atoms with Gasteiger partial charge >= 0.3 is 0 Å². The van der Waals surface area contributed by atoms with Gasteiger partial charge in [-0.1, -0.05) is 36.4 Å². The molecule has 122 valence electrons. The number of nitrogens with zero attached hydrogens (tertiary/aromatic N) is 4. The van der Waals surface area contributed by atoms with Gasteiger partial charge in [0.1, 0.15) is 12.1 Å². The summed E-state index contributed by atoms with van der Waals surface area (Å²) in [6, 6.07) is 22.9. The van der Waals surface area contributed by atoms with Gasteiger partial charge in [0.05, 0.1) is 22.5 Å². The van der Waals surface area contributed by atoms with Crippen LogP contribution >= 0.6 is 0 Å². The third kappa shape index (κ3) is 4.08. The Balaban J connectivity index is 1.87. The minimum atomic E-state index is 0.500. The van der Waals surface area contributed by atoms with Crippen LogP contribution in [-0.4, -0.2) is 9.97 Å². The predicted octanol–water partition coefficient (Wildman–Crippen LogP) is 4.60. The molecule has 2 aromatic heterocycles. The molecule has 0 unspecified atom stereocenters. The molecule has 4 heteroatoms. The molecular weight excluding hydrogens is 320 g/mol. The molecule has 2 heterocycles. The Bertz CT molecular complexity index is 933. The molecule has 0 aliphatic carbocycles. The van der Waals surface area contributed by atoms with Crippen molar-refractivity contribution in [2.75, 3.05) is 0 Å². The highest BCUT2D eigenvalue weighted by Gasteiger charge is 2.03. The van der Waals surface area contributed by atoms with E-state index >= 15 is 0 Å². The smallest absolute Gasteiger partial charge is 0.101 e. The highest BCUT2D eigenvalue weighted by atomic mass is 14.7. The summed E-state index contributed by atoms with van der Waals surface area (Å²) in [5.41, 5.74) is 4.06. The van der Waals surface area contributed by atoms with Gasteiger partial charge < -0.3 is 0 Å². The number of aromatic nitrogens is 2. The van der Waals surface area contributed by atoms with Crippen LogP contribution < -0.4 is 0 Å². The number of benzene rings is 1. The van der Waals surface area contributed by atoms with Crippen molar-refractivity contribution >= 4 is 23.3 Å². The first kappa shape index (κ1) is 16.8. The number of hydrogen-bond acceptors (Lipinski definition) is 4. The minimum Gasteiger partial charge on any atom is -0.256 e. The second-order valence-electron chi connectivity index (χ2n) is 5.44. The van der Waals surface area contributed by atoms with Crippen LogP contribution in [-0.2, 0) is 0 Å². The van der Waals surface area contributed by atoms with Gasteiger partial charge in [-0.15, -0.1) is 0 Å². The molecule has 0 amide bonds. The quantitative estimate of drug-likeness (QED) is 0.653. The summed E-state index contributed by atoms with van der Waals surface area (Å²) in [4.78, 5) is 8.41. The molecule has 3 aromatic rings. The van der Waals surface area contributed by atoms with E-state index in [0.29, 0.717) is 22.5 Å². The lowest BCUT2D eigenvalue weighted by molar-refractivity contribution is 1.28. The number of rotatable bonds is 4. The van der Waals surface area contributed by atoms with E-state index in [4.69, 9.17) is 0 Å². The van der Waals surface area contributed by atoms with Crippen LogP contribution in [0.15, 0.2) is 73.1 Å². The Morgan fingerprint density at radius 1 is 0.654 bits per heavy atom. The van der Waals surface area contributed by atoms with Crippen LogP contribution in [0.3, 0.4) is 0 Å². The van der Waals surface area contributed by atoms with E-state index in [1.807, 2.05) is 48.5 Å². The second-order valence-corrected chi connectivity index (χ2v) is 5.44. The van der Waals surface area contributed by atoms with Crippen LogP contribution in [0, 0.1) is 22.7 Å². The van der Waals surface area contributed by atoms with Crippen molar-refractivity contribution in [3.63, 3.8) is 0 Å². The maximum Gasteiger partial charge on any atom is 0.101 e. The van der Waals surface area contributed by atoms with Crippen molar-refractivity contribution in [2.24, 2.45) is 0 Å². The molecule has 0 N–H and O–H groups in total. The van der Waals surface area contributed by atoms with Crippen LogP contribution in [0.4, 0.5) is 0 Å². The Kier molecular flexibility index (Phi) is 5.30. The van der Waals surface area contributed by atoms with Gasteiger partial charge in [0.2, 0.25) is 0 Å². The van der Waals surface area contributed by atoms with Crippen LogP contribution in [0.5, 0.6) is 0 Å². The fourth-order valence-corrected chi connectivity index (χ4v) is 2.39. The van der Waals surface area contributed by atoms with Gasteiger partial charge in [0, 0.05) is 12.4 Å². The summed E-state index contributed by atoms with van der Waals surface area (Å²) >= 11 is 0. The number of pyridine rings is 2. The standard InChI is InChI=1S/C22H14N4/c23-15-19(21-5-1-3-11-25-21)13-17-7-9-18(10-8-17)14-20(16-24)22-6-2-4-12-26-22/h1-14H/b19-13-,20-14+. The third-order valence-corrected chi connectivity index (χ3v) is 3.68. The molecule has 0 spiro atoms. The van der Waals surface area contributed by atoms with Gasteiger partial charge in [-0.05, 0) is 47.5 Å². The Labute approximate surface area is 152 Å². The summed E-state index contributed by atoms with van der Waals surface area (Å²) in [7, 11) is 0. The molecule has 0 radical (unpaired) electrons. The third-order valence-electron chi connectivity index (χ3n) is 3.68. The molecule has 3 rings (SSSR count). The maximum absolute atomic E-state index is 9.36. The lowest BCUT2D eigenvalue weighted by Crippen LogP contribution is -1.87. The summed E-state index contributed by atoms with van der Waals surface area (Å²) in [6.07, 6.45) is 6.91. The zero-order valence-corrected chi connectivity index (χ0v) is 13.9. The summed E-state index contributed by atoms with van der Waals surface area (Å²) in [6.45, 7) is 0. The van der Waals surface area contributed by atoms with Crippen LogP contribution in [0.25, 0.3) is 23.3 Å². The second kappa shape index (κ2) is 8.19. The SMILES string of the molecule is N#C/C(=C\c1ccc(/C=C(/C#N)c2ccccn2)cc1)c1ccccn1. The normalized spacial score (nSPS) is 11.5. The molecule has 26 heavy (non-hydrogen) atoms. The van der Waals surface area contributed by atoms with Crippen LogP contribution in [0.1, 0.15) is 22.5 Å². The molecule has 4 nitrogen and oxygen atoms in total. The van der Waals surface area contributed by atoms with Gasteiger partial charge in [0.25, 0.3) is 0 Å². The summed E-state index contributed by atoms with van der Waals surface area (Å²) < 4.78 is 0. The zero-order chi connectivity index (χ0) is 18.2. The molecule has 0 bridgehead atoms. The summed E-state index contributed by atoms with van der Waals surface area (Å²) in [5.74, 6) is 0. The molecule has 0 saturated heterocycles. The first-order valence-corrected chi connectivity index (χ1v) is 7.96. The molecule has 0 saturated carbocycles. The Morgan fingerprint density at radius 3 is 1.38 bits per heavy atom. The molecule has 1 aromatic carbocycles. The van der Waals surface area contributed by atoms with Gasteiger partial charge in [0.15, 0.2) is 0 Å². The van der Waals surface area contributed by atoms with E-state index in [9.17, 15) is 10.5 Å². The highest BCUT2D eigenvalue weighted by Crippen LogP contribution is 2.19. The average molecular weight is 334 g/mol. The zero-order valence-electron chi connectivity index (χ0n) is 13.9. The van der Waals surface area contributed by atoms with E-state index in [-0.39, 0.29) is 0 Å². The highest BCUT2D eigenvalue weighted by molar-refractivity contribution is 5.90. The first-order valence-electron chi connectivity index (χ1n) is 7.96. The van der Waals surface area contributed by atoms with E-state index in [1.54, 1.807) is 36.7 Å². The lowest BCUT2D eigenvalue weighted by atomic mass is 10.0. The van der Waals surface area contributed by atoms with E-state index in [2.05, 4.69) is 22.1 Å². The molecule has 0 fully saturated rings. The van der Waals surface area contributed by atoms with E-state index < -0.39 is 0 Å². The summed E-state index contributed by atoms with van der Waals surface area (Å²) in [5, 5.41) is 18.7. The van der Waals surface area contributed by atoms with E-state index in [0.717, 1.165) is 11.1 Å². The monoisotopic (exact) mass is 334 g/mol. The minimum absolute atomic E-state index is 0.500. The average Bonchev–Trinajstić information content (AvgIpc) is 2.72. The van der Waals surface area contributed by atoms with Crippen molar-refractivity contribution in [3.05, 3.63) is 95.6 Å². The fraction of sp³-hybridized carbons (Fsp3) is 0. The predicted molar refractivity (Wildman–Crippen MR) is 102 cm³/mol. The number of allylic oxidation sites excluding steroid dienone is 2. The molecule has 0 atom stereocenters.